The summed E-state index contributed by atoms with van der Waals surface area (Å²) in [4.78, 5) is 27.1. The molecule has 2 fully saturated rings. The van der Waals surface area contributed by atoms with Gasteiger partial charge in [-0.25, -0.2) is 0 Å². The van der Waals surface area contributed by atoms with Gasteiger partial charge in [-0.05, 0) is 19.3 Å². The summed E-state index contributed by atoms with van der Waals surface area (Å²) >= 11 is 0. The number of carbonyl (C=O) groups excluding carboxylic acids is 2. The SMILES string of the molecule is COCCC(=O)N1CCC(O)(CN2CCC(NC(C)=O)CC2)C1. The topological polar surface area (TPSA) is 82.1 Å². The maximum Gasteiger partial charge on any atom is 0.224 e. The first-order chi connectivity index (χ1) is 10.9. The molecule has 2 N–H and O–H groups in total. The summed E-state index contributed by atoms with van der Waals surface area (Å²) in [5.74, 6) is 0.0650. The van der Waals surface area contributed by atoms with Crippen molar-refractivity contribution in [1.29, 1.82) is 0 Å². The van der Waals surface area contributed by atoms with Crippen molar-refractivity contribution in [3.8, 4) is 0 Å². The summed E-state index contributed by atoms with van der Waals surface area (Å²) in [6, 6.07) is 0.245. The molecule has 2 saturated heterocycles. The molecule has 0 radical (unpaired) electrons. The summed E-state index contributed by atoms with van der Waals surface area (Å²) in [7, 11) is 1.58. The van der Waals surface area contributed by atoms with Crippen molar-refractivity contribution in [2.75, 3.05) is 46.4 Å². The Labute approximate surface area is 138 Å². The first kappa shape index (κ1) is 18.2. The number of carbonyl (C=O) groups is 2. The van der Waals surface area contributed by atoms with E-state index < -0.39 is 5.60 Å². The highest BCUT2D eigenvalue weighted by atomic mass is 16.5. The molecule has 2 aliphatic rings. The fourth-order valence-corrected chi connectivity index (χ4v) is 3.48. The number of hydrogen-bond donors (Lipinski definition) is 2. The van der Waals surface area contributed by atoms with Crippen LogP contribution in [0.1, 0.15) is 32.6 Å². The summed E-state index contributed by atoms with van der Waals surface area (Å²) < 4.78 is 4.93. The zero-order valence-corrected chi connectivity index (χ0v) is 14.2. The number of nitrogens with zero attached hydrogens (tertiary/aromatic N) is 2. The van der Waals surface area contributed by atoms with Crippen molar-refractivity contribution in [2.24, 2.45) is 0 Å². The Kier molecular flexibility index (Phi) is 6.38. The number of amides is 2. The Morgan fingerprint density at radius 2 is 2.00 bits per heavy atom. The fraction of sp³-hybridized carbons (Fsp3) is 0.875. The van der Waals surface area contributed by atoms with E-state index in [9.17, 15) is 14.7 Å². The van der Waals surface area contributed by atoms with Crippen molar-refractivity contribution < 1.29 is 19.4 Å². The van der Waals surface area contributed by atoms with Gasteiger partial charge in [0.05, 0.1) is 25.2 Å². The summed E-state index contributed by atoms with van der Waals surface area (Å²) in [5.41, 5.74) is -0.816. The van der Waals surface area contributed by atoms with Gasteiger partial charge < -0.3 is 25.0 Å². The molecular weight excluding hydrogens is 298 g/mol. The van der Waals surface area contributed by atoms with E-state index in [-0.39, 0.29) is 17.9 Å². The molecule has 7 heteroatoms. The zero-order chi connectivity index (χ0) is 16.9. The molecule has 132 valence electrons. The molecule has 0 saturated carbocycles. The average molecular weight is 327 g/mol. The van der Waals surface area contributed by atoms with Gasteiger partial charge >= 0.3 is 0 Å². The molecule has 0 bridgehead atoms. The number of aliphatic hydroxyl groups is 1. The normalized spacial score (nSPS) is 26.5. The number of nitrogens with one attached hydrogen (secondary N) is 1. The molecule has 0 aliphatic carbocycles. The lowest BCUT2D eigenvalue weighted by Gasteiger charge is -2.36. The van der Waals surface area contributed by atoms with Gasteiger partial charge in [-0.1, -0.05) is 0 Å². The van der Waals surface area contributed by atoms with E-state index >= 15 is 0 Å². The fourth-order valence-electron chi connectivity index (χ4n) is 3.48. The molecule has 7 nitrogen and oxygen atoms in total. The summed E-state index contributed by atoms with van der Waals surface area (Å²) in [6.45, 7) is 5.30. The second-order valence-corrected chi connectivity index (χ2v) is 6.78. The largest absolute Gasteiger partial charge is 0.387 e. The molecule has 0 aromatic heterocycles. The number of likely N-dealkylation sites (tertiary alicyclic amines) is 2. The van der Waals surface area contributed by atoms with Crippen LogP contribution >= 0.6 is 0 Å². The Balaban J connectivity index is 1.75. The lowest BCUT2D eigenvalue weighted by Crippen LogP contribution is -2.50. The van der Waals surface area contributed by atoms with E-state index in [1.54, 1.807) is 18.9 Å². The van der Waals surface area contributed by atoms with Crippen LogP contribution in [0.5, 0.6) is 0 Å². The predicted molar refractivity (Wildman–Crippen MR) is 85.9 cm³/mol. The van der Waals surface area contributed by atoms with Gasteiger partial charge in [-0.2, -0.15) is 0 Å². The van der Waals surface area contributed by atoms with E-state index in [2.05, 4.69) is 10.2 Å². The predicted octanol–water partition coefficient (Wildman–Crippen LogP) is -0.413. The van der Waals surface area contributed by atoms with Crippen LogP contribution in [0.25, 0.3) is 0 Å². The van der Waals surface area contributed by atoms with Crippen molar-refractivity contribution >= 4 is 11.8 Å². The van der Waals surface area contributed by atoms with Crippen molar-refractivity contribution in [2.45, 2.75) is 44.2 Å². The number of ether oxygens (including phenoxy) is 1. The summed E-state index contributed by atoms with van der Waals surface area (Å²) in [6.07, 6.45) is 2.81. The third kappa shape index (κ3) is 5.44. The molecule has 2 aliphatic heterocycles. The van der Waals surface area contributed by atoms with Gasteiger partial charge in [-0.3, -0.25) is 9.59 Å². The molecule has 0 aromatic carbocycles. The van der Waals surface area contributed by atoms with Crippen LogP contribution in [-0.2, 0) is 14.3 Å². The second-order valence-electron chi connectivity index (χ2n) is 6.78. The van der Waals surface area contributed by atoms with Crippen LogP contribution in [0, 0.1) is 0 Å². The van der Waals surface area contributed by atoms with Crippen LogP contribution in [0.4, 0.5) is 0 Å². The maximum absolute atomic E-state index is 12.0. The number of methoxy groups -OCH3 is 1. The zero-order valence-electron chi connectivity index (χ0n) is 14.2. The Morgan fingerprint density at radius 1 is 1.30 bits per heavy atom. The third-order valence-electron chi connectivity index (χ3n) is 4.72. The van der Waals surface area contributed by atoms with E-state index in [0.717, 1.165) is 25.9 Å². The first-order valence-corrected chi connectivity index (χ1v) is 8.40. The van der Waals surface area contributed by atoms with Gasteiger partial charge in [0.1, 0.15) is 0 Å². The molecule has 2 heterocycles. The number of piperidine rings is 1. The summed E-state index contributed by atoms with van der Waals surface area (Å²) in [5, 5.41) is 13.7. The Bertz CT molecular complexity index is 424. The molecular formula is C16H29N3O4. The number of β-amino-alcohol motifs (C(OH)–C–C–N with tert-alkyl or cyclic N) is 1. The van der Waals surface area contributed by atoms with Crippen LogP contribution in [0.3, 0.4) is 0 Å². The van der Waals surface area contributed by atoms with Crippen LogP contribution in [0.15, 0.2) is 0 Å². The molecule has 1 atom stereocenters. The molecule has 0 spiro atoms. The molecule has 0 aromatic rings. The van der Waals surface area contributed by atoms with Gasteiger partial charge in [0, 0.05) is 46.3 Å². The standard InChI is InChI=1S/C16H29N3O4/c1-13(20)17-14-3-7-18(8-4-14)11-16(22)6-9-19(12-16)15(21)5-10-23-2/h14,22H,3-12H2,1-2H3,(H,17,20). The van der Waals surface area contributed by atoms with Crippen molar-refractivity contribution in [3.63, 3.8) is 0 Å². The second kappa shape index (κ2) is 8.08. The number of rotatable bonds is 6. The quantitative estimate of drug-likeness (QED) is 0.693. The highest BCUT2D eigenvalue weighted by molar-refractivity contribution is 5.76. The van der Waals surface area contributed by atoms with E-state index in [1.807, 2.05) is 0 Å². The van der Waals surface area contributed by atoms with Crippen LogP contribution in [-0.4, -0.2) is 84.8 Å². The molecule has 23 heavy (non-hydrogen) atoms. The van der Waals surface area contributed by atoms with Gasteiger partial charge in [0.15, 0.2) is 0 Å². The van der Waals surface area contributed by atoms with E-state index in [1.165, 1.54) is 0 Å². The average Bonchev–Trinajstić information content (AvgIpc) is 2.88. The van der Waals surface area contributed by atoms with Gasteiger partial charge in [0.25, 0.3) is 0 Å². The van der Waals surface area contributed by atoms with Crippen molar-refractivity contribution in [3.05, 3.63) is 0 Å². The van der Waals surface area contributed by atoms with E-state index in [0.29, 0.717) is 39.1 Å². The maximum atomic E-state index is 12.0. The molecule has 2 rings (SSSR count). The Morgan fingerprint density at radius 3 is 2.61 bits per heavy atom. The monoisotopic (exact) mass is 327 g/mol. The minimum Gasteiger partial charge on any atom is -0.387 e. The molecule has 1 unspecified atom stereocenters. The van der Waals surface area contributed by atoms with E-state index in [4.69, 9.17) is 4.74 Å². The molecule has 2 amide bonds. The smallest absolute Gasteiger partial charge is 0.224 e. The van der Waals surface area contributed by atoms with Gasteiger partial charge in [0.2, 0.25) is 11.8 Å². The van der Waals surface area contributed by atoms with Crippen LogP contribution in [0.2, 0.25) is 0 Å². The third-order valence-corrected chi connectivity index (χ3v) is 4.72. The van der Waals surface area contributed by atoms with Crippen LogP contribution < -0.4 is 5.32 Å². The highest BCUT2D eigenvalue weighted by Crippen LogP contribution is 2.24. The van der Waals surface area contributed by atoms with Gasteiger partial charge in [-0.15, -0.1) is 0 Å². The highest BCUT2D eigenvalue weighted by Gasteiger charge is 2.39. The lowest BCUT2D eigenvalue weighted by atomic mass is 9.99. The Hall–Kier alpha value is -1.18. The minimum absolute atomic E-state index is 0.0167. The number of hydrogen-bond acceptors (Lipinski definition) is 5. The minimum atomic E-state index is -0.816. The lowest BCUT2D eigenvalue weighted by molar-refractivity contribution is -0.132. The first-order valence-electron chi connectivity index (χ1n) is 8.40. The van der Waals surface area contributed by atoms with Crippen molar-refractivity contribution in [1.82, 2.24) is 15.1 Å².